The Balaban J connectivity index is 1.71. The molecule has 1 aromatic heterocycles. The number of halogens is 3. The molecule has 0 amide bonds. The lowest BCUT2D eigenvalue weighted by molar-refractivity contribution is -0.141. The van der Waals surface area contributed by atoms with Gasteiger partial charge in [-0.15, -0.1) is 10.2 Å². The molecule has 116 valence electrons. The van der Waals surface area contributed by atoms with Crippen LogP contribution in [0.15, 0.2) is 12.1 Å². The Morgan fingerprint density at radius 3 is 2.48 bits per heavy atom. The fourth-order valence-corrected chi connectivity index (χ4v) is 2.76. The van der Waals surface area contributed by atoms with Gasteiger partial charge in [-0.3, -0.25) is 0 Å². The van der Waals surface area contributed by atoms with Crippen LogP contribution in [-0.4, -0.2) is 35.4 Å². The predicted octanol–water partition coefficient (Wildman–Crippen LogP) is 2.61. The summed E-state index contributed by atoms with van der Waals surface area (Å²) in [6.07, 6.45) is 1.23. The van der Waals surface area contributed by atoms with Crippen molar-refractivity contribution in [2.45, 2.75) is 50.4 Å². The van der Waals surface area contributed by atoms with Gasteiger partial charge >= 0.3 is 6.18 Å². The van der Waals surface area contributed by atoms with E-state index in [2.05, 4.69) is 20.4 Å². The van der Waals surface area contributed by atoms with E-state index in [-0.39, 0.29) is 0 Å². The Hall–Kier alpha value is -1.37. The first-order chi connectivity index (χ1) is 10.0. The lowest BCUT2D eigenvalue weighted by atomic mass is 10.0. The van der Waals surface area contributed by atoms with Gasteiger partial charge in [0.1, 0.15) is 0 Å². The zero-order valence-electron chi connectivity index (χ0n) is 11.7. The van der Waals surface area contributed by atoms with Crippen LogP contribution in [0.25, 0.3) is 0 Å². The maximum Gasteiger partial charge on any atom is 0.435 e. The van der Waals surface area contributed by atoms with Crippen LogP contribution in [-0.2, 0) is 6.18 Å². The van der Waals surface area contributed by atoms with E-state index in [1.54, 1.807) is 0 Å². The Kier molecular flexibility index (Phi) is 4.01. The van der Waals surface area contributed by atoms with Crippen molar-refractivity contribution in [2.75, 3.05) is 18.0 Å². The van der Waals surface area contributed by atoms with Crippen molar-refractivity contribution in [1.29, 1.82) is 0 Å². The van der Waals surface area contributed by atoms with Gasteiger partial charge in [-0.1, -0.05) is 6.42 Å². The van der Waals surface area contributed by atoms with Crippen LogP contribution in [0.3, 0.4) is 0 Å². The fourth-order valence-electron chi connectivity index (χ4n) is 2.76. The Labute approximate surface area is 121 Å². The smallest absolute Gasteiger partial charge is 0.351 e. The molecular weight excluding hydrogens is 281 g/mol. The topological polar surface area (TPSA) is 41.0 Å². The van der Waals surface area contributed by atoms with Crippen molar-refractivity contribution in [2.24, 2.45) is 0 Å². The van der Waals surface area contributed by atoms with Gasteiger partial charge < -0.3 is 10.2 Å². The average molecular weight is 300 g/mol. The first-order valence-corrected chi connectivity index (χ1v) is 7.45. The van der Waals surface area contributed by atoms with Crippen LogP contribution >= 0.6 is 0 Å². The highest BCUT2D eigenvalue weighted by Crippen LogP contribution is 2.32. The van der Waals surface area contributed by atoms with Gasteiger partial charge in [0.25, 0.3) is 0 Å². The molecule has 1 aromatic rings. The molecule has 1 saturated heterocycles. The molecule has 1 atom stereocenters. The highest BCUT2D eigenvalue weighted by molar-refractivity contribution is 5.41. The number of anilines is 1. The predicted molar refractivity (Wildman–Crippen MR) is 73.0 cm³/mol. The SMILES string of the molecule is FC(F)(F)c1ccc(N(CC2CCCCN2)C2CC2)nn1. The third-order valence-corrected chi connectivity index (χ3v) is 4.05. The molecule has 2 aliphatic rings. The molecule has 2 heterocycles. The number of piperidine rings is 1. The van der Waals surface area contributed by atoms with Crippen LogP contribution < -0.4 is 10.2 Å². The Morgan fingerprint density at radius 1 is 1.14 bits per heavy atom. The molecule has 1 unspecified atom stereocenters. The average Bonchev–Trinajstić information content (AvgIpc) is 3.30. The number of hydrogen-bond acceptors (Lipinski definition) is 4. The van der Waals surface area contributed by atoms with Crippen molar-refractivity contribution >= 4 is 5.82 Å². The molecule has 2 fully saturated rings. The second-order valence-corrected chi connectivity index (χ2v) is 5.80. The summed E-state index contributed by atoms with van der Waals surface area (Å²) >= 11 is 0. The number of nitrogens with zero attached hydrogens (tertiary/aromatic N) is 3. The van der Waals surface area contributed by atoms with Crippen LogP contribution in [0.2, 0.25) is 0 Å². The van der Waals surface area contributed by atoms with Gasteiger partial charge in [-0.25, -0.2) is 0 Å². The van der Waals surface area contributed by atoms with E-state index in [1.165, 1.54) is 18.9 Å². The maximum absolute atomic E-state index is 12.5. The summed E-state index contributed by atoms with van der Waals surface area (Å²) in [7, 11) is 0. The minimum atomic E-state index is -4.43. The summed E-state index contributed by atoms with van der Waals surface area (Å²) in [6, 6.07) is 3.26. The molecule has 1 aliphatic heterocycles. The van der Waals surface area contributed by atoms with Crippen molar-refractivity contribution in [3.63, 3.8) is 0 Å². The van der Waals surface area contributed by atoms with Gasteiger partial charge in [0, 0.05) is 18.6 Å². The van der Waals surface area contributed by atoms with Crippen LogP contribution in [0.1, 0.15) is 37.8 Å². The van der Waals surface area contributed by atoms with E-state index >= 15 is 0 Å². The van der Waals surface area contributed by atoms with Crippen LogP contribution in [0, 0.1) is 0 Å². The highest BCUT2D eigenvalue weighted by atomic mass is 19.4. The number of hydrogen-bond donors (Lipinski definition) is 1. The summed E-state index contributed by atoms with van der Waals surface area (Å²) in [6.45, 7) is 1.81. The number of alkyl halides is 3. The third-order valence-electron chi connectivity index (χ3n) is 4.05. The molecule has 3 rings (SSSR count). The van der Waals surface area contributed by atoms with Gasteiger partial charge in [0.2, 0.25) is 0 Å². The van der Waals surface area contributed by atoms with E-state index in [4.69, 9.17) is 0 Å². The van der Waals surface area contributed by atoms with E-state index < -0.39 is 11.9 Å². The Morgan fingerprint density at radius 2 is 1.95 bits per heavy atom. The largest absolute Gasteiger partial charge is 0.435 e. The molecular formula is C14H19F3N4. The molecule has 0 bridgehead atoms. The standard InChI is InChI=1S/C14H19F3N4/c15-14(16,17)12-6-7-13(20-19-12)21(11-4-5-11)9-10-3-1-2-8-18-10/h6-7,10-11,18H,1-5,8-9H2. The van der Waals surface area contributed by atoms with E-state index in [0.29, 0.717) is 17.9 Å². The summed E-state index contributed by atoms with van der Waals surface area (Å²) in [5.74, 6) is 0.554. The fraction of sp³-hybridized carbons (Fsp3) is 0.714. The summed E-state index contributed by atoms with van der Waals surface area (Å²) in [4.78, 5) is 2.11. The normalized spacial score (nSPS) is 23.1. The molecule has 0 spiro atoms. The molecule has 1 aliphatic carbocycles. The van der Waals surface area contributed by atoms with E-state index in [9.17, 15) is 13.2 Å². The Bertz CT molecular complexity index is 464. The molecule has 21 heavy (non-hydrogen) atoms. The van der Waals surface area contributed by atoms with Crippen molar-refractivity contribution in [3.05, 3.63) is 17.8 Å². The number of rotatable bonds is 4. The minimum Gasteiger partial charge on any atom is -0.351 e. The molecule has 4 nitrogen and oxygen atoms in total. The zero-order chi connectivity index (χ0) is 14.9. The van der Waals surface area contributed by atoms with Gasteiger partial charge in [0.15, 0.2) is 11.5 Å². The molecule has 7 heteroatoms. The molecule has 0 radical (unpaired) electrons. The third kappa shape index (κ3) is 3.64. The quantitative estimate of drug-likeness (QED) is 0.928. The van der Waals surface area contributed by atoms with Gasteiger partial charge in [-0.05, 0) is 44.4 Å². The molecule has 1 N–H and O–H groups in total. The summed E-state index contributed by atoms with van der Waals surface area (Å²) < 4.78 is 37.6. The second-order valence-electron chi connectivity index (χ2n) is 5.80. The minimum absolute atomic E-state index is 0.392. The lowest BCUT2D eigenvalue weighted by Crippen LogP contribution is -2.45. The number of aromatic nitrogens is 2. The monoisotopic (exact) mass is 300 g/mol. The van der Waals surface area contributed by atoms with Crippen molar-refractivity contribution in [1.82, 2.24) is 15.5 Å². The van der Waals surface area contributed by atoms with Crippen molar-refractivity contribution in [3.8, 4) is 0 Å². The lowest BCUT2D eigenvalue weighted by Gasteiger charge is -2.31. The maximum atomic E-state index is 12.5. The first-order valence-electron chi connectivity index (χ1n) is 7.45. The van der Waals surface area contributed by atoms with Crippen molar-refractivity contribution < 1.29 is 13.2 Å². The summed E-state index contributed by atoms with van der Waals surface area (Å²) in [5, 5.41) is 10.6. The first kappa shape index (κ1) is 14.6. The van der Waals surface area contributed by atoms with Gasteiger partial charge in [0.05, 0.1) is 0 Å². The highest BCUT2D eigenvalue weighted by Gasteiger charge is 2.35. The van der Waals surface area contributed by atoms with E-state index in [1.807, 2.05) is 0 Å². The van der Waals surface area contributed by atoms with Crippen LogP contribution in [0.5, 0.6) is 0 Å². The van der Waals surface area contributed by atoms with E-state index in [0.717, 1.165) is 38.4 Å². The molecule has 1 saturated carbocycles. The van der Waals surface area contributed by atoms with Gasteiger partial charge in [-0.2, -0.15) is 13.2 Å². The second kappa shape index (κ2) is 5.79. The number of nitrogens with one attached hydrogen (secondary N) is 1. The zero-order valence-corrected chi connectivity index (χ0v) is 11.7. The van der Waals surface area contributed by atoms with Crippen LogP contribution in [0.4, 0.5) is 19.0 Å². The summed E-state index contributed by atoms with van der Waals surface area (Å²) in [5.41, 5.74) is -0.933. The molecule has 0 aromatic carbocycles.